The van der Waals surface area contributed by atoms with Crippen molar-refractivity contribution in [3.63, 3.8) is 0 Å². The number of carbonyl (C=O) groups is 3. The third-order valence-electron chi connectivity index (χ3n) is 3.22. The second-order valence-electron chi connectivity index (χ2n) is 5.10. The number of unbranched alkanes of at least 4 members (excludes halogenated alkanes) is 1. The van der Waals surface area contributed by atoms with Crippen LogP contribution in [0.25, 0.3) is 0 Å². The standard InChI is InChI=1S/C14H27N2O8P/c1-3-23-25(22,24-4-2)13(18)9-8-12(17)16(21)11(14(19)20)7-5-6-10-15/h11,21H,3-10,15H2,1-2H3,(H,19,20). The van der Waals surface area contributed by atoms with E-state index >= 15 is 0 Å². The van der Waals surface area contributed by atoms with Gasteiger partial charge in [-0.2, -0.15) is 0 Å². The highest BCUT2D eigenvalue weighted by Crippen LogP contribution is 2.50. The van der Waals surface area contributed by atoms with E-state index in [0.29, 0.717) is 19.4 Å². The molecular weight excluding hydrogens is 355 g/mol. The molecule has 0 radical (unpaired) electrons. The van der Waals surface area contributed by atoms with Crippen LogP contribution in [0.15, 0.2) is 0 Å². The molecule has 0 aromatic carbocycles. The fourth-order valence-corrected chi connectivity index (χ4v) is 3.42. The molecule has 0 aliphatic heterocycles. The topological polar surface area (TPSA) is 156 Å². The summed E-state index contributed by atoms with van der Waals surface area (Å²) in [5.41, 5.74) is 4.42. The minimum Gasteiger partial charge on any atom is -0.480 e. The summed E-state index contributed by atoms with van der Waals surface area (Å²) in [7, 11) is -3.98. The molecule has 0 saturated carbocycles. The predicted molar refractivity (Wildman–Crippen MR) is 88.1 cm³/mol. The lowest BCUT2D eigenvalue weighted by Gasteiger charge is -2.22. The van der Waals surface area contributed by atoms with Crippen molar-refractivity contribution < 1.29 is 38.3 Å². The summed E-state index contributed by atoms with van der Waals surface area (Å²) in [6.07, 6.45) is -0.0155. The minimum atomic E-state index is -3.98. The largest absolute Gasteiger partial charge is 0.480 e. The number of nitrogens with zero attached hydrogens (tertiary/aromatic N) is 1. The monoisotopic (exact) mass is 382 g/mol. The Morgan fingerprint density at radius 1 is 1.12 bits per heavy atom. The van der Waals surface area contributed by atoms with Gasteiger partial charge in [-0.1, -0.05) is 0 Å². The molecule has 0 saturated heterocycles. The van der Waals surface area contributed by atoms with Crippen LogP contribution in [0.1, 0.15) is 46.0 Å². The molecule has 0 heterocycles. The number of aliphatic carboxylic acids is 1. The van der Waals surface area contributed by atoms with Crippen LogP contribution < -0.4 is 5.73 Å². The Morgan fingerprint density at radius 3 is 2.12 bits per heavy atom. The van der Waals surface area contributed by atoms with Crippen LogP contribution in [-0.4, -0.2) is 58.6 Å². The van der Waals surface area contributed by atoms with E-state index in [4.69, 9.17) is 19.9 Å². The van der Waals surface area contributed by atoms with E-state index in [9.17, 15) is 24.2 Å². The molecule has 0 aromatic heterocycles. The molecule has 0 aromatic rings. The van der Waals surface area contributed by atoms with E-state index in [1.165, 1.54) is 0 Å². The van der Waals surface area contributed by atoms with Crippen molar-refractivity contribution in [3.8, 4) is 0 Å². The first-order valence-corrected chi connectivity index (χ1v) is 9.64. The quantitative estimate of drug-likeness (QED) is 0.175. The number of nitrogens with two attached hydrogens (primary N) is 1. The van der Waals surface area contributed by atoms with Crippen molar-refractivity contribution in [2.75, 3.05) is 19.8 Å². The molecular formula is C14H27N2O8P. The number of hydrogen-bond acceptors (Lipinski definition) is 8. The maximum atomic E-state index is 12.2. The van der Waals surface area contributed by atoms with Crippen LogP contribution in [0.5, 0.6) is 0 Å². The Hall–Kier alpha value is -1.32. The molecule has 0 spiro atoms. The maximum Gasteiger partial charge on any atom is 0.396 e. The number of carbonyl (C=O) groups excluding carboxylic acids is 2. The molecule has 1 amide bonds. The van der Waals surface area contributed by atoms with Crippen LogP contribution >= 0.6 is 7.60 Å². The van der Waals surface area contributed by atoms with Crippen molar-refractivity contribution in [2.24, 2.45) is 5.73 Å². The van der Waals surface area contributed by atoms with Crippen LogP contribution in [0.4, 0.5) is 0 Å². The summed E-state index contributed by atoms with van der Waals surface area (Å²) in [5, 5.41) is 19.0. The molecule has 0 bridgehead atoms. The Balaban J connectivity index is 4.75. The summed E-state index contributed by atoms with van der Waals surface area (Å²) in [5.74, 6) is -2.33. The Labute approximate surface area is 146 Å². The smallest absolute Gasteiger partial charge is 0.396 e. The number of hydroxylamine groups is 2. The highest BCUT2D eigenvalue weighted by molar-refractivity contribution is 7.71. The zero-order chi connectivity index (χ0) is 19.5. The van der Waals surface area contributed by atoms with Gasteiger partial charge in [0, 0.05) is 12.8 Å². The van der Waals surface area contributed by atoms with Gasteiger partial charge in [0.1, 0.15) is 0 Å². The SMILES string of the molecule is CCOP(=O)(OCC)C(=O)CCC(=O)N(O)C(CCCCN)C(=O)O. The normalized spacial score (nSPS) is 12.6. The first-order valence-electron chi connectivity index (χ1n) is 8.09. The Kier molecular flexibility index (Phi) is 11.5. The Bertz CT molecular complexity index is 489. The first kappa shape index (κ1) is 23.7. The molecule has 1 atom stereocenters. The van der Waals surface area contributed by atoms with Crippen LogP contribution in [0, 0.1) is 0 Å². The summed E-state index contributed by atoms with van der Waals surface area (Å²) in [6.45, 7) is 3.43. The van der Waals surface area contributed by atoms with Gasteiger partial charge >= 0.3 is 13.6 Å². The lowest BCUT2D eigenvalue weighted by molar-refractivity contribution is -0.186. The van der Waals surface area contributed by atoms with E-state index in [-0.39, 0.29) is 24.7 Å². The molecule has 0 aliphatic carbocycles. The van der Waals surface area contributed by atoms with Gasteiger partial charge in [-0.3, -0.25) is 19.4 Å². The van der Waals surface area contributed by atoms with Gasteiger partial charge in [-0.05, 0) is 39.7 Å². The number of carboxylic acid groups (broad SMARTS) is 1. The van der Waals surface area contributed by atoms with E-state index < -0.39 is 43.9 Å². The van der Waals surface area contributed by atoms with Crippen molar-refractivity contribution in [1.29, 1.82) is 0 Å². The summed E-state index contributed by atoms with van der Waals surface area (Å²) < 4.78 is 22.0. The second kappa shape index (κ2) is 12.1. The summed E-state index contributed by atoms with van der Waals surface area (Å²) in [6, 6.07) is -1.43. The molecule has 0 rings (SSSR count). The van der Waals surface area contributed by atoms with Gasteiger partial charge in [-0.25, -0.2) is 9.86 Å². The lowest BCUT2D eigenvalue weighted by Crippen LogP contribution is -2.43. The average molecular weight is 382 g/mol. The van der Waals surface area contributed by atoms with E-state index in [1.807, 2.05) is 0 Å². The van der Waals surface area contributed by atoms with Crippen molar-refractivity contribution in [3.05, 3.63) is 0 Å². The van der Waals surface area contributed by atoms with Crippen molar-refractivity contribution in [1.82, 2.24) is 5.06 Å². The second-order valence-corrected chi connectivity index (χ2v) is 7.11. The minimum absolute atomic E-state index is 0.00861. The zero-order valence-corrected chi connectivity index (χ0v) is 15.4. The van der Waals surface area contributed by atoms with E-state index in [0.717, 1.165) is 0 Å². The fraction of sp³-hybridized carbons (Fsp3) is 0.786. The molecule has 25 heavy (non-hydrogen) atoms. The third kappa shape index (κ3) is 8.06. The van der Waals surface area contributed by atoms with Crippen LogP contribution in [-0.2, 0) is 28.0 Å². The predicted octanol–water partition coefficient (Wildman–Crippen LogP) is 1.36. The molecule has 11 heteroatoms. The number of rotatable bonds is 14. The van der Waals surface area contributed by atoms with Gasteiger partial charge in [0.25, 0.3) is 0 Å². The van der Waals surface area contributed by atoms with Gasteiger partial charge in [-0.15, -0.1) is 0 Å². The molecule has 0 aliphatic rings. The maximum absolute atomic E-state index is 12.2. The van der Waals surface area contributed by atoms with E-state index in [1.54, 1.807) is 13.8 Å². The fourth-order valence-electron chi connectivity index (χ4n) is 1.99. The number of amides is 1. The number of carboxylic acids is 1. The highest BCUT2D eigenvalue weighted by Gasteiger charge is 2.35. The molecule has 0 fully saturated rings. The van der Waals surface area contributed by atoms with Crippen LogP contribution in [0.2, 0.25) is 0 Å². The van der Waals surface area contributed by atoms with Crippen LogP contribution in [0.3, 0.4) is 0 Å². The third-order valence-corrected chi connectivity index (χ3v) is 5.25. The molecule has 10 nitrogen and oxygen atoms in total. The van der Waals surface area contributed by atoms with Gasteiger partial charge in [0.15, 0.2) is 6.04 Å². The molecule has 4 N–H and O–H groups in total. The molecule has 1 unspecified atom stereocenters. The van der Waals surface area contributed by atoms with Gasteiger partial charge < -0.3 is 19.9 Å². The lowest BCUT2D eigenvalue weighted by atomic mass is 10.1. The van der Waals surface area contributed by atoms with Crippen molar-refractivity contribution >= 4 is 25.0 Å². The first-order chi connectivity index (χ1) is 11.7. The number of hydrogen-bond donors (Lipinski definition) is 3. The van der Waals surface area contributed by atoms with E-state index in [2.05, 4.69) is 0 Å². The zero-order valence-electron chi connectivity index (χ0n) is 14.5. The van der Waals surface area contributed by atoms with Gasteiger partial charge in [0.2, 0.25) is 11.4 Å². The average Bonchev–Trinajstić information content (AvgIpc) is 2.55. The summed E-state index contributed by atoms with van der Waals surface area (Å²) >= 11 is 0. The highest BCUT2D eigenvalue weighted by atomic mass is 31.2. The van der Waals surface area contributed by atoms with Crippen molar-refractivity contribution in [2.45, 2.75) is 52.0 Å². The Morgan fingerprint density at radius 2 is 1.68 bits per heavy atom. The molecule has 146 valence electrons. The summed E-state index contributed by atoms with van der Waals surface area (Å²) in [4.78, 5) is 35.1. The van der Waals surface area contributed by atoms with Gasteiger partial charge in [0.05, 0.1) is 13.2 Å².